The molecule has 1 spiro atoms. The third kappa shape index (κ3) is 3.95. The first-order chi connectivity index (χ1) is 9.33. The minimum absolute atomic E-state index is 0.170. The number of rotatable bonds is 5. The molecule has 118 valence electrons. The smallest absolute Gasteiger partial charge is 0.150 e. The predicted molar refractivity (Wildman–Crippen MR) is 83.6 cm³/mol. The minimum atomic E-state index is -2.77. The van der Waals surface area contributed by atoms with Crippen LogP contribution in [0, 0.1) is 17.3 Å². The summed E-state index contributed by atoms with van der Waals surface area (Å²) in [7, 11) is -2.77. The Bertz CT molecular complexity index is 406. The summed E-state index contributed by atoms with van der Waals surface area (Å²) in [6.45, 7) is 9.82. The van der Waals surface area contributed by atoms with Crippen molar-refractivity contribution in [3.05, 3.63) is 0 Å². The van der Waals surface area contributed by atoms with Crippen LogP contribution in [0.3, 0.4) is 0 Å². The van der Waals surface area contributed by atoms with E-state index >= 15 is 0 Å². The quantitative estimate of drug-likeness (QED) is 0.806. The summed E-state index contributed by atoms with van der Waals surface area (Å²) in [5.74, 6) is 2.16. The van der Waals surface area contributed by atoms with Crippen molar-refractivity contribution in [1.29, 1.82) is 0 Å². The molecule has 0 bridgehead atoms. The third-order valence-corrected chi connectivity index (χ3v) is 6.63. The Balaban J connectivity index is 1.88. The van der Waals surface area contributed by atoms with E-state index in [1.165, 1.54) is 6.42 Å². The molecule has 2 aliphatic heterocycles. The molecule has 0 radical (unpaired) electrons. The maximum atomic E-state index is 11.6. The van der Waals surface area contributed by atoms with Crippen LogP contribution < -0.4 is 10.6 Å². The minimum Gasteiger partial charge on any atom is -0.315 e. The highest BCUT2D eigenvalue weighted by molar-refractivity contribution is 7.91. The molecule has 0 saturated carbocycles. The van der Waals surface area contributed by atoms with Gasteiger partial charge in [-0.1, -0.05) is 20.8 Å². The number of nitrogens with one attached hydrogen (secondary N) is 2. The fourth-order valence-corrected chi connectivity index (χ4v) is 5.43. The van der Waals surface area contributed by atoms with Gasteiger partial charge in [0.05, 0.1) is 11.5 Å². The van der Waals surface area contributed by atoms with Crippen molar-refractivity contribution in [2.24, 2.45) is 17.3 Å². The summed E-state index contributed by atoms with van der Waals surface area (Å²) in [6.07, 6.45) is 2.88. The Morgan fingerprint density at radius 2 is 1.90 bits per heavy atom. The fraction of sp³-hybridized carbons (Fsp3) is 1.00. The SMILES string of the molecule is CC(C)CC(C)CNC1CNCC12CCS(=O)(=O)CC2. The highest BCUT2D eigenvalue weighted by Gasteiger charge is 2.46. The van der Waals surface area contributed by atoms with Crippen LogP contribution in [0.1, 0.15) is 40.0 Å². The molecule has 0 aromatic heterocycles. The molecule has 20 heavy (non-hydrogen) atoms. The van der Waals surface area contributed by atoms with Crippen LogP contribution in [0.5, 0.6) is 0 Å². The molecule has 2 aliphatic rings. The number of hydrogen-bond acceptors (Lipinski definition) is 4. The number of hydrogen-bond donors (Lipinski definition) is 2. The predicted octanol–water partition coefficient (Wildman–Crippen LogP) is 1.43. The van der Waals surface area contributed by atoms with Crippen LogP contribution in [-0.4, -0.2) is 45.6 Å². The molecule has 5 heteroatoms. The average Bonchev–Trinajstić information content (AvgIpc) is 2.73. The molecular weight excluding hydrogens is 272 g/mol. The van der Waals surface area contributed by atoms with Crippen molar-refractivity contribution in [1.82, 2.24) is 10.6 Å². The summed E-state index contributed by atoms with van der Waals surface area (Å²) in [6, 6.07) is 0.438. The van der Waals surface area contributed by atoms with Gasteiger partial charge in [-0.15, -0.1) is 0 Å². The van der Waals surface area contributed by atoms with Gasteiger partial charge < -0.3 is 10.6 Å². The largest absolute Gasteiger partial charge is 0.315 e. The third-order valence-electron chi connectivity index (χ3n) is 4.97. The molecule has 2 saturated heterocycles. The van der Waals surface area contributed by atoms with Gasteiger partial charge >= 0.3 is 0 Å². The van der Waals surface area contributed by atoms with Crippen LogP contribution in [-0.2, 0) is 9.84 Å². The molecule has 0 aromatic rings. The molecule has 2 heterocycles. The molecule has 2 atom stereocenters. The van der Waals surface area contributed by atoms with E-state index in [2.05, 4.69) is 31.4 Å². The van der Waals surface area contributed by atoms with Crippen molar-refractivity contribution in [2.75, 3.05) is 31.1 Å². The molecule has 0 aliphatic carbocycles. The molecular formula is C15H30N2O2S. The van der Waals surface area contributed by atoms with E-state index in [9.17, 15) is 8.42 Å². The van der Waals surface area contributed by atoms with E-state index in [-0.39, 0.29) is 5.41 Å². The van der Waals surface area contributed by atoms with Gasteiger partial charge in [0, 0.05) is 24.5 Å². The van der Waals surface area contributed by atoms with Crippen molar-refractivity contribution in [3.63, 3.8) is 0 Å². The molecule has 0 aromatic carbocycles. The molecule has 2 N–H and O–H groups in total. The monoisotopic (exact) mass is 302 g/mol. The van der Waals surface area contributed by atoms with Gasteiger partial charge in [-0.3, -0.25) is 0 Å². The highest BCUT2D eigenvalue weighted by atomic mass is 32.2. The first kappa shape index (κ1) is 16.2. The van der Waals surface area contributed by atoms with Crippen molar-refractivity contribution < 1.29 is 8.42 Å². The van der Waals surface area contributed by atoms with Gasteiger partial charge in [0.15, 0.2) is 0 Å². The summed E-state index contributed by atoms with van der Waals surface area (Å²) < 4.78 is 23.3. The maximum Gasteiger partial charge on any atom is 0.150 e. The normalized spacial score (nSPS) is 29.9. The second-order valence-corrected chi connectivity index (χ2v) is 9.64. The average molecular weight is 302 g/mol. The Labute approximate surface area is 124 Å². The molecule has 0 amide bonds. The standard InChI is InChI=1S/C15H30N2O2S/c1-12(2)8-13(3)9-17-14-10-16-11-15(14)4-6-20(18,19)7-5-15/h12-14,16-17H,4-11H2,1-3H3. The van der Waals surface area contributed by atoms with E-state index in [0.717, 1.165) is 38.4 Å². The summed E-state index contributed by atoms with van der Waals surface area (Å²) >= 11 is 0. The first-order valence-corrected chi connectivity index (χ1v) is 9.80. The van der Waals surface area contributed by atoms with E-state index in [1.54, 1.807) is 0 Å². The molecule has 2 fully saturated rings. The summed E-state index contributed by atoms with van der Waals surface area (Å²) in [5.41, 5.74) is 0.170. The second-order valence-electron chi connectivity index (χ2n) is 7.34. The van der Waals surface area contributed by atoms with Gasteiger partial charge in [-0.2, -0.15) is 0 Å². The van der Waals surface area contributed by atoms with E-state index < -0.39 is 9.84 Å². The van der Waals surface area contributed by atoms with Gasteiger partial charge in [0.25, 0.3) is 0 Å². The topological polar surface area (TPSA) is 58.2 Å². The lowest BCUT2D eigenvalue weighted by Gasteiger charge is -2.38. The molecule has 2 unspecified atom stereocenters. The zero-order valence-corrected chi connectivity index (χ0v) is 13.9. The molecule has 4 nitrogen and oxygen atoms in total. The highest BCUT2D eigenvalue weighted by Crippen LogP contribution is 2.38. The zero-order chi connectivity index (χ0) is 14.8. The fourth-order valence-electron chi connectivity index (χ4n) is 3.80. The second kappa shape index (κ2) is 6.32. The number of sulfone groups is 1. The van der Waals surface area contributed by atoms with Crippen molar-refractivity contribution in [2.45, 2.75) is 46.1 Å². The van der Waals surface area contributed by atoms with Gasteiger partial charge in [-0.05, 0) is 37.6 Å². The maximum absolute atomic E-state index is 11.6. The Kier molecular flexibility index (Phi) is 5.14. The van der Waals surface area contributed by atoms with Crippen LogP contribution in [0.4, 0.5) is 0 Å². The van der Waals surface area contributed by atoms with Gasteiger partial charge in [0.1, 0.15) is 9.84 Å². The summed E-state index contributed by atoms with van der Waals surface area (Å²) in [4.78, 5) is 0. The van der Waals surface area contributed by atoms with Gasteiger partial charge in [-0.25, -0.2) is 8.42 Å². The van der Waals surface area contributed by atoms with Gasteiger partial charge in [0.2, 0.25) is 0 Å². The van der Waals surface area contributed by atoms with Crippen LogP contribution in [0.15, 0.2) is 0 Å². The molecule has 2 rings (SSSR count). The van der Waals surface area contributed by atoms with E-state index in [1.807, 2.05) is 0 Å². The first-order valence-electron chi connectivity index (χ1n) is 7.97. The Morgan fingerprint density at radius 3 is 2.50 bits per heavy atom. The van der Waals surface area contributed by atoms with Crippen LogP contribution in [0.25, 0.3) is 0 Å². The lowest BCUT2D eigenvalue weighted by Crippen LogP contribution is -2.49. The van der Waals surface area contributed by atoms with E-state index in [0.29, 0.717) is 23.5 Å². The van der Waals surface area contributed by atoms with Crippen molar-refractivity contribution >= 4 is 9.84 Å². The lowest BCUT2D eigenvalue weighted by atomic mass is 9.77. The van der Waals surface area contributed by atoms with Crippen molar-refractivity contribution in [3.8, 4) is 0 Å². The summed E-state index contributed by atoms with van der Waals surface area (Å²) in [5, 5.41) is 7.18. The van der Waals surface area contributed by atoms with Crippen LogP contribution >= 0.6 is 0 Å². The van der Waals surface area contributed by atoms with Crippen LogP contribution in [0.2, 0.25) is 0 Å². The Morgan fingerprint density at radius 1 is 1.25 bits per heavy atom. The van der Waals surface area contributed by atoms with E-state index in [4.69, 9.17) is 0 Å². The Hall–Kier alpha value is -0.130. The lowest BCUT2D eigenvalue weighted by molar-refractivity contribution is 0.215. The zero-order valence-electron chi connectivity index (χ0n) is 13.1.